The van der Waals surface area contributed by atoms with Crippen molar-refractivity contribution in [3.05, 3.63) is 29.3 Å². The van der Waals surface area contributed by atoms with Crippen LogP contribution < -0.4 is 11.1 Å². The van der Waals surface area contributed by atoms with Crippen LogP contribution in [0.4, 0.5) is 5.69 Å². The highest BCUT2D eigenvalue weighted by molar-refractivity contribution is 5.96. The molecule has 0 spiro atoms. The van der Waals surface area contributed by atoms with Gasteiger partial charge in [0, 0.05) is 12.2 Å². The maximum atomic E-state index is 12.2. The highest BCUT2D eigenvalue weighted by Crippen LogP contribution is 2.40. The third kappa shape index (κ3) is 2.29. The maximum absolute atomic E-state index is 12.2. The Kier molecular flexibility index (Phi) is 3.50. The SMILES string of the molecule is N#Cc1ccc(NC(=O)C2(CN)CCC2)cc1C#N. The van der Waals surface area contributed by atoms with Gasteiger partial charge in [0.1, 0.15) is 12.1 Å². The van der Waals surface area contributed by atoms with Crippen LogP contribution in [0.2, 0.25) is 0 Å². The lowest BCUT2D eigenvalue weighted by Gasteiger charge is -2.39. The normalized spacial score (nSPS) is 15.7. The number of anilines is 1. The van der Waals surface area contributed by atoms with Gasteiger partial charge < -0.3 is 11.1 Å². The Morgan fingerprint density at radius 3 is 2.47 bits per heavy atom. The summed E-state index contributed by atoms with van der Waals surface area (Å²) in [5, 5.41) is 20.6. The van der Waals surface area contributed by atoms with Gasteiger partial charge in [-0.3, -0.25) is 4.79 Å². The number of amides is 1. The molecule has 0 aliphatic heterocycles. The molecule has 5 heteroatoms. The molecule has 1 aromatic rings. The maximum Gasteiger partial charge on any atom is 0.231 e. The van der Waals surface area contributed by atoms with Crippen LogP contribution in [0.5, 0.6) is 0 Å². The van der Waals surface area contributed by atoms with E-state index in [9.17, 15) is 4.79 Å². The van der Waals surface area contributed by atoms with Crippen molar-refractivity contribution < 1.29 is 4.79 Å². The van der Waals surface area contributed by atoms with Crippen LogP contribution in [0.3, 0.4) is 0 Å². The molecule has 1 saturated carbocycles. The molecule has 96 valence electrons. The molecule has 0 aromatic heterocycles. The smallest absolute Gasteiger partial charge is 0.231 e. The van der Waals surface area contributed by atoms with Gasteiger partial charge in [0.2, 0.25) is 5.91 Å². The largest absolute Gasteiger partial charge is 0.329 e. The van der Waals surface area contributed by atoms with Crippen LogP contribution in [0, 0.1) is 28.1 Å². The van der Waals surface area contributed by atoms with Gasteiger partial charge in [-0.25, -0.2) is 0 Å². The molecule has 0 unspecified atom stereocenters. The summed E-state index contributed by atoms with van der Waals surface area (Å²) in [4.78, 5) is 12.2. The highest BCUT2D eigenvalue weighted by atomic mass is 16.2. The van der Waals surface area contributed by atoms with Crippen molar-refractivity contribution in [2.75, 3.05) is 11.9 Å². The average Bonchev–Trinajstić information content (AvgIpc) is 2.38. The van der Waals surface area contributed by atoms with Gasteiger partial charge >= 0.3 is 0 Å². The van der Waals surface area contributed by atoms with E-state index in [1.165, 1.54) is 12.1 Å². The first-order valence-electron chi connectivity index (χ1n) is 6.11. The minimum absolute atomic E-state index is 0.102. The predicted molar refractivity (Wildman–Crippen MR) is 69.8 cm³/mol. The number of hydrogen-bond acceptors (Lipinski definition) is 4. The Bertz CT molecular complexity index is 585. The van der Waals surface area contributed by atoms with Gasteiger partial charge in [-0.1, -0.05) is 6.42 Å². The van der Waals surface area contributed by atoms with Crippen LogP contribution in [-0.2, 0) is 4.79 Å². The summed E-state index contributed by atoms with van der Waals surface area (Å²) in [6, 6.07) is 8.55. The van der Waals surface area contributed by atoms with Crippen LogP contribution >= 0.6 is 0 Å². The van der Waals surface area contributed by atoms with Gasteiger partial charge in [0.05, 0.1) is 16.5 Å². The first-order chi connectivity index (χ1) is 9.15. The molecule has 1 aliphatic carbocycles. The minimum Gasteiger partial charge on any atom is -0.329 e. The molecule has 0 radical (unpaired) electrons. The summed E-state index contributed by atoms with van der Waals surface area (Å²) in [6.07, 6.45) is 2.62. The molecule has 1 aliphatic rings. The van der Waals surface area contributed by atoms with Crippen molar-refractivity contribution in [2.45, 2.75) is 19.3 Å². The van der Waals surface area contributed by atoms with E-state index < -0.39 is 5.41 Å². The van der Waals surface area contributed by atoms with Crippen LogP contribution in [0.15, 0.2) is 18.2 Å². The summed E-state index contributed by atoms with van der Waals surface area (Å²) in [5.41, 5.74) is 6.30. The zero-order valence-corrected chi connectivity index (χ0v) is 10.4. The lowest BCUT2D eigenvalue weighted by Crippen LogP contribution is -2.47. The van der Waals surface area contributed by atoms with Crippen molar-refractivity contribution in [3.8, 4) is 12.1 Å². The van der Waals surface area contributed by atoms with E-state index in [1.54, 1.807) is 6.07 Å². The third-order valence-electron chi connectivity index (χ3n) is 3.70. The Morgan fingerprint density at radius 2 is 2.00 bits per heavy atom. The van der Waals surface area contributed by atoms with Crippen molar-refractivity contribution in [1.29, 1.82) is 10.5 Å². The van der Waals surface area contributed by atoms with Gasteiger partial charge in [-0.2, -0.15) is 10.5 Å². The molecular formula is C14H14N4O. The number of carbonyl (C=O) groups is 1. The monoisotopic (exact) mass is 254 g/mol. The van der Waals surface area contributed by atoms with Crippen molar-refractivity contribution >= 4 is 11.6 Å². The number of carbonyl (C=O) groups excluding carboxylic acids is 1. The molecule has 0 bridgehead atoms. The lowest BCUT2D eigenvalue weighted by atomic mass is 9.68. The quantitative estimate of drug-likeness (QED) is 0.852. The minimum atomic E-state index is -0.458. The number of benzene rings is 1. The fourth-order valence-corrected chi connectivity index (χ4v) is 2.20. The zero-order chi connectivity index (χ0) is 13.9. The summed E-state index contributed by atoms with van der Waals surface area (Å²) >= 11 is 0. The molecule has 1 fully saturated rings. The number of nitrogens with one attached hydrogen (secondary N) is 1. The third-order valence-corrected chi connectivity index (χ3v) is 3.70. The molecule has 1 amide bonds. The number of nitrogens with zero attached hydrogens (tertiary/aromatic N) is 2. The topological polar surface area (TPSA) is 103 Å². The molecule has 5 nitrogen and oxygen atoms in total. The standard InChI is InChI=1S/C14H14N4O/c15-7-10-2-3-12(6-11(10)8-16)18-13(19)14(9-17)4-1-5-14/h2-3,6H,1,4-5,9,17H2,(H,18,19). The summed E-state index contributed by atoms with van der Waals surface area (Å²) in [5.74, 6) is -0.102. The number of nitriles is 2. The second-order valence-electron chi connectivity index (χ2n) is 4.78. The van der Waals surface area contributed by atoms with Crippen molar-refractivity contribution in [3.63, 3.8) is 0 Å². The number of hydrogen-bond donors (Lipinski definition) is 2. The molecule has 1 aromatic carbocycles. The van der Waals surface area contributed by atoms with Gasteiger partial charge in [0.25, 0.3) is 0 Å². The Morgan fingerprint density at radius 1 is 1.32 bits per heavy atom. The van der Waals surface area contributed by atoms with Crippen LogP contribution in [-0.4, -0.2) is 12.5 Å². The first kappa shape index (κ1) is 13.1. The number of nitrogens with two attached hydrogens (primary N) is 1. The first-order valence-corrected chi connectivity index (χ1v) is 6.11. The molecule has 3 N–H and O–H groups in total. The Hall–Kier alpha value is -2.37. The lowest BCUT2D eigenvalue weighted by molar-refractivity contribution is -0.129. The van der Waals surface area contributed by atoms with Crippen molar-refractivity contribution in [1.82, 2.24) is 0 Å². The predicted octanol–water partition coefficient (Wildman–Crippen LogP) is 1.50. The van der Waals surface area contributed by atoms with Gasteiger partial charge in [0.15, 0.2) is 0 Å². The van der Waals surface area contributed by atoms with Crippen molar-refractivity contribution in [2.24, 2.45) is 11.1 Å². The summed E-state index contributed by atoms with van der Waals surface area (Å²) in [7, 11) is 0. The Labute approximate surface area is 111 Å². The van der Waals surface area contributed by atoms with E-state index in [0.29, 0.717) is 17.8 Å². The van der Waals surface area contributed by atoms with Crippen LogP contribution in [0.25, 0.3) is 0 Å². The van der Waals surface area contributed by atoms with Gasteiger partial charge in [-0.05, 0) is 31.0 Å². The Balaban J connectivity index is 2.19. The molecule has 19 heavy (non-hydrogen) atoms. The molecule has 0 atom stereocenters. The van der Waals surface area contributed by atoms with Crippen LogP contribution in [0.1, 0.15) is 30.4 Å². The van der Waals surface area contributed by atoms with E-state index in [2.05, 4.69) is 5.32 Å². The highest BCUT2D eigenvalue weighted by Gasteiger charge is 2.42. The van der Waals surface area contributed by atoms with E-state index in [4.69, 9.17) is 16.3 Å². The fourth-order valence-electron chi connectivity index (χ4n) is 2.20. The van der Waals surface area contributed by atoms with Gasteiger partial charge in [-0.15, -0.1) is 0 Å². The molecule has 0 saturated heterocycles. The number of rotatable bonds is 3. The molecular weight excluding hydrogens is 240 g/mol. The van der Waals surface area contributed by atoms with E-state index >= 15 is 0 Å². The second-order valence-corrected chi connectivity index (χ2v) is 4.78. The fraction of sp³-hybridized carbons (Fsp3) is 0.357. The van der Waals surface area contributed by atoms with E-state index in [0.717, 1.165) is 19.3 Å². The zero-order valence-electron chi connectivity index (χ0n) is 10.4. The van der Waals surface area contributed by atoms with E-state index in [1.807, 2.05) is 12.1 Å². The summed E-state index contributed by atoms with van der Waals surface area (Å²) < 4.78 is 0. The molecule has 2 rings (SSSR count). The van der Waals surface area contributed by atoms with E-state index in [-0.39, 0.29) is 11.5 Å². The second kappa shape index (κ2) is 5.09. The molecule has 0 heterocycles. The average molecular weight is 254 g/mol. The summed E-state index contributed by atoms with van der Waals surface area (Å²) in [6.45, 7) is 0.334.